The van der Waals surface area contributed by atoms with Crippen LogP contribution in [-0.2, 0) is 10.0 Å². The highest BCUT2D eigenvalue weighted by Crippen LogP contribution is 2.31. The summed E-state index contributed by atoms with van der Waals surface area (Å²) in [6.45, 7) is 0. The van der Waals surface area contributed by atoms with Crippen LogP contribution in [0.15, 0.2) is 45.8 Å². The Labute approximate surface area is 141 Å². The van der Waals surface area contributed by atoms with Gasteiger partial charge >= 0.3 is 0 Å². The predicted octanol–water partition coefficient (Wildman–Crippen LogP) is 4.57. The van der Waals surface area contributed by atoms with Crippen LogP contribution in [0.25, 0.3) is 0 Å². The Hall–Kier alpha value is -0.950. The molecule has 112 valence electrons. The van der Waals surface area contributed by atoms with Gasteiger partial charge in [0.05, 0.1) is 17.8 Å². The number of benzene rings is 2. The second kappa shape index (κ2) is 6.44. The summed E-state index contributed by atoms with van der Waals surface area (Å²) in [5.74, 6) is 0.521. The molecule has 0 atom stereocenters. The van der Waals surface area contributed by atoms with Crippen molar-refractivity contribution in [1.29, 1.82) is 0 Å². The molecule has 2 aromatic rings. The molecule has 0 aromatic heterocycles. The molecule has 0 radical (unpaired) electrons. The van der Waals surface area contributed by atoms with E-state index in [4.69, 9.17) is 27.9 Å². The first-order valence-corrected chi connectivity index (χ1v) is 8.68. The molecule has 2 rings (SSSR count). The molecule has 0 fully saturated rings. The molecule has 4 nitrogen and oxygen atoms in total. The SMILES string of the molecule is COc1ccc(Br)c(NS(=O)(=O)c2cc(Cl)ccc2Cl)c1. The van der Waals surface area contributed by atoms with E-state index in [1.54, 1.807) is 18.2 Å². The second-order valence-electron chi connectivity index (χ2n) is 4.03. The van der Waals surface area contributed by atoms with Crippen molar-refractivity contribution in [2.45, 2.75) is 4.90 Å². The fraction of sp³-hybridized carbons (Fsp3) is 0.0769. The highest BCUT2D eigenvalue weighted by atomic mass is 79.9. The first-order valence-electron chi connectivity index (χ1n) is 5.65. The summed E-state index contributed by atoms with van der Waals surface area (Å²) in [6.07, 6.45) is 0. The number of methoxy groups -OCH3 is 1. The summed E-state index contributed by atoms with van der Waals surface area (Å²) in [4.78, 5) is -0.0913. The number of sulfonamides is 1. The van der Waals surface area contributed by atoms with E-state index in [-0.39, 0.29) is 14.9 Å². The Bertz CT molecular complexity index is 781. The average molecular weight is 411 g/mol. The van der Waals surface area contributed by atoms with Gasteiger partial charge in [-0.25, -0.2) is 8.42 Å². The molecular formula is C13H10BrCl2NO3S. The third kappa shape index (κ3) is 3.83. The molecule has 0 unspecified atom stereocenters. The molecule has 0 bridgehead atoms. The van der Waals surface area contributed by atoms with Gasteiger partial charge in [-0.2, -0.15) is 0 Å². The van der Waals surface area contributed by atoms with Crippen molar-refractivity contribution in [3.8, 4) is 5.75 Å². The molecule has 21 heavy (non-hydrogen) atoms. The van der Waals surface area contributed by atoms with Gasteiger partial charge in [-0.05, 0) is 46.3 Å². The number of anilines is 1. The third-order valence-corrected chi connectivity index (χ3v) is 5.37. The lowest BCUT2D eigenvalue weighted by Gasteiger charge is -2.12. The molecule has 0 heterocycles. The quantitative estimate of drug-likeness (QED) is 0.803. The van der Waals surface area contributed by atoms with Crippen molar-refractivity contribution >= 4 is 54.8 Å². The van der Waals surface area contributed by atoms with Crippen LogP contribution in [0.2, 0.25) is 10.0 Å². The molecule has 2 aromatic carbocycles. The van der Waals surface area contributed by atoms with Crippen molar-refractivity contribution in [3.05, 3.63) is 50.9 Å². The summed E-state index contributed by atoms with van der Waals surface area (Å²) < 4.78 is 32.9. The summed E-state index contributed by atoms with van der Waals surface area (Å²) >= 11 is 15.0. The van der Waals surface area contributed by atoms with Gasteiger partial charge in [0, 0.05) is 15.6 Å². The molecule has 0 saturated carbocycles. The van der Waals surface area contributed by atoms with Gasteiger partial charge in [0.2, 0.25) is 0 Å². The highest BCUT2D eigenvalue weighted by Gasteiger charge is 2.20. The van der Waals surface area contributed by atoms with Crippen molar-refractivity contribution in [2.75, 3.05) is 11.8 Å². The number of hydrogen-bond donors (Lipinski definition) is 1. The van der Waals surface area contributed by atoms with Crippen LogP contribution in [0, 0.1) is 0 Å². The summed E-state index contributed by atoms with van der Waals surface area (Å²) in [6, 6.07) is 9.17. The maximum Gasteiger partial charge on any atom is 0.263 e. The Morgan fingerprint density at radius 2 is 1.86 bits per heavy atom. The Kier molecular flexibility index (Phi) is 5.03. The molecular weight excluding hydrogens is 401 g/mol. The van der Waals surface area contributed by atoms with E-state index in [0.717, 1.165) is 0 Å². The lowest BCUT2D eigenvalue weighted by Crippen LogP contribution is -2.14. The van der Waals surface area contributed by atoms with Crippen LogP contribution < -0.4 is 9.46 Å². The summed E-state index contributed by atoms with van der Waals surface area (Å²) in [5.41, 5.74) is 0.338. The fourth-order valence-corrected chi connectivity index (χ4v) is 3.90. The van der Waals surface area contributed by atoms with Gasteiger partial charge in [-0.3, -0.25) is 4.72 Å². The number of hydrogen-bond acceptors (Lipinski definition) is 3. The largest absolute Gasteiger partial charge is 0.497 e. The minimum absolute atomic E-state index is 0.0888. The van der Waals surface area contributed by atoms with Crippen molar-refractivity contribution in [1.82, 2.24) is 0 Å². The van der Waals surface area contributed by atoms with Crippen molar-refractivity contribution < 1.29 is 13.2 Å². The van der Waals surface area contributed by atoms with Gasteiger partial charge in [-0.1, -0.05) is 23.2 Å². The Morgan fingerprint density at radius 3 is 2.52 bits per heavy atom. The van der Waals surface area contributed by atoms with E-state index < -0.39 is 10.0 Å². The second-order valence-corrected chi connectivity index (χ2v) is 7.37. The maximum absolute atomic E-state index is 12.4. The molecule has 0 aliphatic carbocycles. The first-order chi connectivity index (χ1) is 9.83. The molecule has 0 aliphatic rings. The average Bonchev–Trinajstić information content (AvgIpc) is 2.43. The Morgan fingerprint density at radius 1 is 1.14 bits per heavy atom. The summed E-state index contributed by atoms with van der Waals surface area (Å²) in [7, 11) is -2.37. The lowest BCUT2D eigenvalue weighted by atomic mass is 10.3. The number of nitrogens with one attached hydrogen (secondary N) is 1. The normalized spacial score (nSPS) is 11.2. The van der Waals surface area contributed by atoms with E-state index in [0.29, 0.717) is 15.9 Å². The molecule has 0 amide bonds. The smallest absolute Gasteiger partial charge is 0.263 e. The van der Waals surface area contributed by atoms with Crippen LogP contribution >= 0.6 is 39.1 Å². The predicted molar refractivity (Wildman–Crippen MR) is 88.0 cm³/mol. The van der Waals surface area contributed by atoms with Gasteiger partial charge < -0.3 is 4.74 Å². The lowest BCUT2D eigenvalue weighted by molar-refractivity contribution is 0.415. The minimum Gasteiger partial charge on any atom is -0.497 e. The number of ether oxygens (including phenoxy) is 1. The maximum atomic E-state index is 12.4. The zero-order chi connectivity index (χ0) is 15.6. The van der Waals surface area contributed by atoms with Crippen LogP contribution in [0.3, 0.4) is 0 Å². The Balaban J connectivity index is 2.44. The van der Waals surface area contributed by atoms with Gasteiger partial charge in [0.25, 0.3) is 10.0 Å². The molecule has 0 saturated heterocycles. The molecule has 0 spiro atoms. The minimum atomic E-state index is -3.87. The zero-order valence-corrected chi connectivity index (χ0v) is 14.6. The van der Waals surface area contributed by atoms with Crippen molar-refractivity contribution in [3.63, 3.8) is 0 Å². The van der Waals surface area contributed by atoms with Gasteiger partial charge in [0.15, 0.2) is 0 Å². The van der Waals surface area contributed by atoms with E-state index in [1.165, 1.54) is 25.3 Å². The zero-order valence-electron chi connectivity index (χ0n) is 10.7. The van der Waals surface area contributed by atoms with E-state index in [9.17, 15) is 8.42 Å². The van der Waals surface area contributed by atoms with Crippen molar-refractivity contribution in [2.24, 2.45) is 0 Å². The fourth-order valence-electron chi connectivity index (χ4n) is 1.59. The van der Waals surface area contributed by atoms with Crippen LogP contribution in [0.4, 0.5) is 5.69 Å². The third-order valence-electron chi connectivity index (χ3n) is 2.60. The van der Waals surface area contributed by atoms with Crippen LogP contribution in [0.1, 0.15) is 0 Å². The molecule has 1 N–H and O–H groups in total. The monoisotopic (exact) mass is 409 g/mol. The first kappa shape index (κ1) is 16.4. The number of rotatable bonds is 4. The van der Waals surface area contributed by atoms with E-state index in [2.05, 4.69) is 20.7 Å². The topological polar surface area (TPSA) is 55.4 Å². The van der Waals surface area contributed by atoms with Crippen LogP contribution in [0.5, 0.6) is 5.75 Å². The molecule has 8 heteroatoms. The van der Waals surface area contributed by atoms with Gasteiger partial charge in [-0.15, -0.1) is 0 Å². The number of halogens is 3. The molecule has 0 aliphatic heterocycles. The van der Waals surface area contributed by atoms with Gasteiger partial charge in [0.1, 0.15) is 10.6 Å². The van der Waals surface area contributed by atoms with Crippen LogP contribution in [-0.4, -0.2) is 15.5 Å². The standard InChI is InChI=1S/C13H10BrCl2NO3S/c1-20-9-3-4-10(14)12(7-9)17-21(18,19)13-6-8(15)2-5-11(13)16/h2-7,17H,1H3. The highest BCUT2D eigenvalue weighted by molar-refractivity contribution is 9.10. The van der Waals surface area contributed by atoms with E-state index >= 15 is 0 Å². The summed E-state index contributed by atoms with van der Waals surface area (Å²) in [5, 5.41) is 0.371. The van der Waals surface area contributed by atoms with E-state index in [1.807, 2.05) is 0 Å².